The van der Waals surface area contributed by atoms with Gasteiger partial charge in [0.05, 0.1) is 6.54 Å². The average Bonchev–Trinajstić information content (AvgIpc) is 3.10. The highest BCUT2D eigenvalue weighted by molar-refractivity contribution is 7.90. The third-order valence-electron chi connectivity index (χ3n) is 5.20. The van der Waals surface area contributed by atoms with Crippen LogP contribution in [0.15, 0.2) is 39.7 Å². The molecular formula is C19H25F3N4O3S. The van der Waals surface area contributed by atoms with E-state index >= 15 is 0 Å². The molecule has 0 unspecified atom stereocenters. The largest absolute Gasteiger partial charge is 0.511 e. The van der Waals surface area contributed by atoms with Crippen molar-refractivity contribution in [1.29, 1.82) is 0 Å². The third kappa shape index (κ3) is 4.89. The van der Waals surface area contributed by atoms with E-state index in [0.717, 1.165) is 16.7 Å². The molecule has 1 aliphatic rings. The van der Waals surface area contributed by atoms with Crippen LogP contribution < -0.4 is 5.32 Å². The van der Waals surface area contributed by atoms with Gasteiger partial charge < -0.3 is 14.6 Å². The van der Waals surface area contributed by atoms with Crippen LogP contribution in [0.3, 0.4) is 0 Å². The number of alkyl halides is 3. The molecule has 0 aliphatic carbocycles. The van der Waals surface area contributed by atoms with Crippen LogP contribution in [0.25, 0.3) is 11.0 Å². The lowest BCUT2D eigenvalue weighted by Gasteiger charge is -2.32. The van der Waals surface area contributed by atoms with Crippen molar-refractivity contribution >= 4 is 27.0 Å². The molecule has 1 aliphatic heterocycles. The lowest BCUT2D eigenvalue weighted by atomic mass is 9.98. The van der Waals surface area contributed by atoms with Crippen molar-refractivity contribution in [3.8, 4) is 0 Å². The second-order valence-corrected chi connectivity index (χ2v) is 9.26. The Bertz CT molecular complexity index is 963. The van der Waals surface area contributed by atoms with E-state index in [2.05, 4.69) is 10.3 Å². The number of para-hydroxylation sites is 1. The first-order valence-corrected chi connectivity index (χ1v) is 11.0. The number of nitrogens with zero attached hydrogens (tertiary/aromatic N) is 3. The summed E-state index contributed by atoms with van der Waals surface area (Å²) >= 11 is 0. The van der Waals surface area contributed by atoms with Crippen LogP contribution >= 0.6 is 0 Å². The highest BCUT2D eigenvalue weighted by atomic mass is 32.2. The number of benzene rings is 1. The Morgan fingerprint density at radius 3 is 2.57 bits per heavy atom. The van der Waals surface area contributed by atoms with Crippen molar-refractivity contribution in [3.05, 3.63) is 36.1 Å². The lowest BCUT2D eigenvalue weighted by Crippen LogP contribution is -2.47. The molecule has 11 heteroatoms. The number of furan rings is 1. The summed E-state index contributed by atoms with van der Waals surface area (Å²) in [6.07, 6.45) is 0.708. The Hall–Kier alpha value is -2.27. The maximum Gasteiger partial charge on any atom is 0.511 e. The molecule has 1 saturated heterocycles. The minimum absolute atomic E-state index is 0.0565. The van der Waals surface area contributed by atoms with E-state index in [9.17, 15) is 21.6 Å². The van der Waals surface area contributed by atoms with E-state index < -0.39 is 15.5 Å². The molecule has 0 atom stereocenters. The van der Waals surface area contributed by atoms with Crippen LogP contribution in [0.1, 0.15) is 18.6 Å². The van der Waals surface area contributed by atoms with Crippen LogP contribution in [0.5, 0.6) is 0 Å². The number of guanidine groups is 1. The van der Waals surface area contributed by atoms with Crippen LogP contribution in [0.4, 0.5) is 13.2 Å². The summed E-state index contributed by atoms with van der Waals surface area (Å²) in [6, 6.07) is 9.69. The number of rotatable bonds is 5. The van der Waals surface area contributed by atoms with Gasteiger partial charge in [-0.05, 0) is 30.9 Å². The highest BCUT2D eigenvalue weighted by Crippen LogP contribution is 2.30. The number of hydrogen-bond donors (Lipinski definition) is 1. The van der Waals surface area contributed by atoms with E-state index in [1.54, 1.807) is 7.05 Å². The molecule has 1 aromatic heterocycles. The van der Waals surface area contributed by atoms with Gasteiger partial charge in [-0.1, -0.05) is 18.2 Å². The Morgan fingerprint density at radius 1 is 1.30 bits per heavy atom. The summed E-state index contributed by atoms with van der Waals surface area (Å²) in [5, 5.41) is 4.24. The quantitative estimate of drug-likeness (QED) is 0.564. The average molecular weight is 446 g/mol. The van der Waals surface area contributed by atoms with Gasteiger partial charge in [0.25, 0.3) is 0 Å². The van der Waals surface area contributed by atoms with Gasteiger partial charge in [-0.25, -0.2) is 8.42 Å². The minimum Gasteiger partial charge on any atom is -0.459 e. The predicted molar refractivity (Wildman–Crippen MR) is 108 cm³/mol. The van der Waals surface area contributed by atoms with Gasteiger partial charge in [-0.3, -0.25) is 4.99 Å². The van der Waals surface area contributed by atoms with Gasteiger partial charge in [-0.2, -0.15) is 17.5 Å². The Labute approximate surface area is 173 Å². The van der Waals surface area contributed by atoms with Gasteiger partial charge >= 0.3 is 15.5 Å². The number of nitrogens with one attached hydrogen (secondary N) is 1. The van der Waals surface area contributed by atoms with Crippen molar-refractivity contribution in [2.24, 2.45) is 10.9 Å². The van der Waals surface area contributed by atoms with Crippen molar-refractivity contribution in [2.75, 3.05) is 33.7 Å². The normalized spacial score (nSPS) is 17.4. The summed E-state index contributed by atoms with van der Waals surface area (Å²) in [7, 11) is -1.74. The van der Waals surface area contributed by atoms with E-state index in [-0.39, 0.29) is 19.0 Å². The first-order valence-electron chi connectivity index (χ1n) is 9.57. The number of aliphatic imine (C=N–C) groups is 1. The summed E-state index contributed by atoms with van der Waals surface area (Å²) in [6.45, 7) is 0.719. The van der Waals surface area contributed by atoms with Crippen LogP contribution in [-0.2, 0) is 16.6 Å². The zero-order chi connectivity index (χ0) is 21.9. The van der Waals surface area contributed by atoms with Gasteiger partial charge in [0.15, 0.2) is 5.96 Å². The monoisotopic (exact) mass is 446 g/mol. The molecule has 30 heavy (non-hydrogen) atoms. The standard InChI is InChI=1S/C19H25F3N4O3S/c1-23-18(25(2)13-16-11-15-5-3-4-6-17(15)29-16)24-12-14-7-9-26(10-8-14)30(27,28)19(20,21)22/h3-6,11,14H,7-10,12-13H2,1-2H3,(H,23,24). The number of halogens is 3. The molecule has 0 saturated carbocycles. The fourth-order valence-corrected chi connectivity index (χ4v) is 4.53. The van der Waals surface area contributed by atoms with Crippen molar-refractivity contribution in [2.45, 2.75) is 24.9 Å². The topological polar surface area (TPSA) is 78.2 Å². The van der Waals surface area contributed by atoms with Crippen molar-refractivity contribution in [1.82, 2.24) is 14.5 Å². The molecule has 0 amide bonds. The third-order valence-corrected chi connectivity index (χ3v) is 6.83. The van der Waals surface area contributed by atoms with E-state index in [1.807, 2.05) is 42.3 Å². The molecule has 0 bridgehead atoms. The highest BCUT2D eigenvalue weighted by Gasteiger charge is 2.50. The van der Waals surface area contributed by atoms with Gasteiger partial charge in [-0.15, -0.1) is 0 Å². The SMILES string of the molecule is CN=C(NCC1CCN(S(=O)(=O)C(F)(F)F)CC1)N(C)Cc1cc2ccccc2o1. The number of fused-ring (bicyclic) bond motifs is 1. The molecule has 3 rings (SSSR count). The molecule has 7 nitrogen and oxygen atoms in total. The molecular weight excluding hydrogens is 421 g/mol. The maximum absolute atomic E-state index is 12.7. The van der Waals surface area contributed by atoms with Gasteiger partial charge in [0.1, 0.15) is 11.3 Å². The zero-order valence-electron chi connectivity index (χ0n) is 16.8. The Morgan fingerprint density at radius 2 is 1.97 bits per heavy atom. The molecule has 166 valence electrons. The fourth-order valence-electron chi connectivity index (χ4n) is 3.54. The molecule has 1 N–H and O–H groups in total. The fraction of sp³-hybridized carbons (Fsp3) is 0.526. The molecule has 1 fully saturated rings. The van der Waals surface area contributed by atoms with Crippen LogP contribution in [0, 0.1) is 5.92 Å². The summed E-state index contributed by atoms with van der Waals surface area (Å²) < 4.78 is 67.4. The van der Waals surface area contributed by atoms with E-state index in [4.69, 9.17) is 4.42 Å². The van der Waals surface area contributed by atoms with Crippen LogP contribution in [0.2, 0.25) is 0 Å². The zero-order valence-corrected chi connectivity index (χ0v) is 17.6. The molecule has 1 aromatic carbocycles. The summed E-state index contributed by atoms with van der Waals surface area (Å²) in [5.41, 5.74) is -4.44. The molecule has 2 aromatic rings. The Kier molecular flexibility index (Phi) is 6.61. The van der Waals surface area contributed by atoms with Gasteiger partial charge in [0, 0.05) is 39.1 Å². The second kappa shape index (κ2) is 8.84. The molecule has 0 spiro atoms. The lowest BCUT2D eigenvalue weighted by molar-refractivity contribution is -0.0496. The molecule has 2 heterocycles. The van der Waals surface area contributed by atoms with E-state index in [1.165, 1.54) is 0 Å². The number of sulfonamides is 1. The first-order chi connectivity index (χ1) is 14.1. The van der Waals surface area contributed by atoms with Gasteiger partial charge in [0.2, 0.25) is 0 Å². The smallest absolute Gasteiger partial charge is 0.459 e. The number of hydrogen-bond acceptors (Lipinski definition) is 4. The molecule has 0 radical (unpaired) electrons. The van der Waals surface area contributed by atoms with Crippen molar-refractivity contribution in [3.63, 3.8) is 0 Å². The summed E-state index contributed by atoms with van der Waals surface area (Å²) in [5.74, 6) is 1.47. The Balaban J connectivity index is 1.51. The van der Waals surface area contributed by atoms with E-state index in [0.29, 0.717) is 36.2 Å². The minimum atomic E-state index is -5.25. The number of piperidine rings is 1. The maximum atomic E-state index is 12.7. The summed E-state index contributed by atoms with van der Waals surface area (Å²) in [4.78, 5) is 6.13. The first kappa shape index (κ1) is 22.4. The van der Waals surface area contributed by atoms with Crippen LogP contribution in [-0.4, -0.2) is 62.8 Å². The van der Waals surface area contributed by atoms with Crippen molar-refractivity contribution < 1.29 is 26.0 Å². The second-order valence-electron chi connectivity index (χ2n) is 7.33. The predicted octanol–water partition coefficient (Wildman–Crippen LogP) is 3.00.